The van der Waals surface area contributed by atoms with Crippen LogP contribution in [0.15, 0.2) is 59.6 Å². The molecule has 1 aliphatic rings. The van der Waals surface area contributed by atoms with E-state index in [1.807, 2.05) is 30.3 Å². The lowest BCUT2D eigenvalue weighted by Crippen LogP contribution is -2.25. The van der Waals surface area contributed by atoms with Crippen molar-refractivity contribution in [2.24, 2.45) is 10.7 Å². The molecular weight excluding hydrogens is 435 g/mol. The van der Waals surface area contributed by atoms with Crippen LogP contribution in [0, 0.1) is 0 Å². The fourth-order valence-electron chi connectivity index (χ4n) is 3.28. The van der Waals surface area contributed by atoms with E-state index >= 15 is 0 Å². The third kappa shape index (κ3) is 6.61. The molecule has 0 bridgehead atoms. The molecule has 2 aromatic carbocycles. The Kier molecular flexibility index (Phi) is 8.91. The second-order valence-corrected chi connectivity index (χ2v) is 6.65. The maximum absolute atomic E-state index is 6.04. The number of halogens is 1. The van der Waals surface area contributed by atoms with Crippen LogP contribution in [0.25, 0.3) is 0 Å². The Hall–Kier alpha value is -1.60. The van der Waals surface area contributed by atoms with Crippen molar-refractivity contribution < 1.29 is 0 Å². The zero-order valence-corrected chi connectivity index (χ0v) is 17.6. The van der Waals surface area contributed by atoms with Crippen molar-refractivity contribution in [3.63, 3.8) is 0 Å². The van der Waals surface area contributed by atoms with Gasteiger partial charge in [-0.2, -0.15) is 0 Å². The number of hydrogen-bond acceptors (Lipinski definition) is 2. The molecule has 0 saturated carbocycles. The normalized spacial score (nSPS) is 15.8. The molecule has 3 rings (SSSR count). The van der Waals surface area contributed by atoms with Crippen LogP contribution >= 0.6 is 24.0 Å². The zero-order chi connectivity index (χ0) is 17.3. The molecule has 5 heteroatoms. The van der Waals surface area contributed by atoms with Crippen LogP contribution in [-0.2, 0) is 13.1 Å². The first-order valence-corrected chi connectivity index (χ1v) is 9.22. The Morgan fingerprint density at radius 3 is 2.19 bits per heavy atom. The van der Waals surface area contributed by atoms with E-state index in [-0.39, 0.29) is 24.0 Å². The predicted molar refractivity (Wildman–Crippen MR) is 121 cm³/mol. The molecular formula is C21H29IN4. The van der Waals surface area contributed by atoms with E-state index in [0.29, 0.717) is 12.5 Å². The summed E-state index contributed by atoms with van der Waals surface area (Å²) in [6.45, 7) is 4.03. The summed E-state index contributed by atoms with van der Waals surface area (Å²) in [7, 11) is 0. The van der Waals surface area contributed by atoms with Gasteiger partial charge in [0.15, 0.2) is 5.96 Å². The summed E-state index contributed by atoms with van der Waals surface area (Å²) in [5, 5.41) is 3.14. The van der Waals surface area contributed by atoms with Crippen LogP contribution in [0.4, 0.5) is 5.69 Å². The summed E-state index contributed by atoms with van der Waals surface area (Å²) < 4.78 is 0. The largest absolute Gasteiger partial charge is 0.370 e. The Morgan fingerprint density at radius 1 is 0.885 bits per heavy atom. The minimum atomic E-state index is 0. The van der Waals surface area contributed by atoms with Gasteiger partial charge < -0.3 is 11.1 Å². The first-order chi connectivity index (χ1) is 12.3. The lowest BCUT2D eigenvalue weighted by Gasteiger charge is -2.21. The van der Waals surface area contributed by atoms with Gasteiger partial charge in [-0.15, -0.1) is 24.0 Å². The zero-order valence-electron chi connectivity index (χ0n) is 15.2. The van der Waals surface area contributed by atoms with Gasteiger partial charge in [0.25, 0.3) is 0 Å². The molecule has 4 nitrogen and oxygen atoms in total. The molecule has 1 fully saturated rings. The summed E-state index contributed by atoms with van der Waals surface area (Å²) in [5.74, 6) is 0.454. The number of likely N-dealkylation sites (tertiary alicyclic amines) is 1. The van der Waals surface area contributed by atoms with Gasteiger partial charge in [0.1, 0.15) is 0 Å². The summed E-state index contributed by atoms with van der Waals surface area (Å²) in [6.07, 6.45) is 5.36. The van der Waals surface area contributed by atoms with Crippen LogP contribution < -0.4 is 11.1 Å². The topological polar surface area (TPSA) is 53.6 Å². The van der Waals surface area contributed by atoms with Crippen LogP contribution in [0.5, 0.6) is 0 Å². The van der Waals surface area contributed by atoms with Gasteiger partial charge >= 0.3 is 0 Å². The van der Waals surface area contributed by atoms with Crippen molar-refractivity contribution in [1.82, 2.24) is 4.90 Å². The number of benzene rings is 2. The van der Waals surface area contributed by atoms with Crippen LogP contribution in [-0.4, -0.2) is 23.9 Å². The Balaban J connectivity index is 0.00000243. The summed E-state index contributed by atoms with van der Waals surface area (Å²) in [6, 6.07) is 18.5. The van der Waals surface area contributed by atoms with Crippen LogP contribution in [0.3, 0.4) is 0 Å². The van der Waals surface area contributed by atoms with Crippen LogP contribution in [0.2, 0.25) is 0 Å². The second-order valence-electron chi connectivity index (χ2n) is 6.65. The number of hydrogen-bond donors (Lipinski definition) is 2. The third-order valence-corrected chi connectivity index (χ3v) is 4.68. The number of para-hydroxylation sites is 1. The lowest BCUT2D eigenvalue weighted by atomic mass is 10.1. The number of nitrogens with zero attached hydrogens (tertiary/aromatic N) is 2. The standard InChI is InChI=1S/C21H28N4.HI/c22-21(24-20-12-4-3-5-13-20)23-16-18-10-6-7-11-19(18)17-25-14-8-1-2-9-15-25;/h3-7,10-13H,1-2,8-9,14-17H2,(H3,22,23,24);1H. The Bertz CT molecular complexity index is 679. The van der Waals surface area contributed by atoms with E-state index in [2.05, 4.69) is 39.5 Å². The number of rotatable bonds is 5. The van der Waals surface area contributed by atoms with Crippen molar-refractivity contribution in [3.05, 3.63) is 65.7 Å². The molecule has 0 amide bonds. The summed E-state index contributed by atoms with van der Waals surface area (Å²) in [4.78, 5) is 7.10. The van der Waals surface area contributed by atoms with Crippen molar-refractivity contribution in [1.29, 1.82) is 0 Å². The molecule has 0 radical (unpaired) electrons. The van der Waals surface area contributed by atoms with E-state index in [4.69, 9.17) is 5.73 Å². The van der Waals surface area contributed by atoms with E-state index in [9.17, 15) is 0 Å². The highest BCUT2D eigenvalue weighted by Crippen LogP contribution is 2.17. The molecule has 0 aliphatic carbocycles. The molecule has 1 saturated heterocycles. The maximum atomic E-state index is 6.04. The minimum Gasteiger partial charge on any atom is -0.370 e. The minimum absolute atomic E-state index is 0. The van der Waals surface area contributed by atoms with E-state index in [0.717, 1.165) is 12.2 Å². The highest BCUT2D eigenvalue weighted by atomic mass is 127. The van der Waals surface area contributed by atoms with E-state index in [1.165, 1.54) is 49.9 Å². The van der Waals surface area contributed by atoms with Gasteiger partial charge in [-0.1, -0.05) is 55.3 Å². The molecule has 2 aromatic rings. The van der Waals surface area contributed by atoms with Gasteiger partial charge in [0, 0.05) is 12.2 Å². The fourth-order valence-corrected chi connectivity index (χ4v) is 3.28. The Morgan fingerprint density at radius 2 is 1.50 bits per heavy atom. The van der Waals surface area contributed by atoms with E-state index in [1.54, 1.807) is 0 Å². The number of nitrogens with one attached hydrogen (secondary N) is 1. The van der Waals surface area contributed by atoms with Gasteiger partial charge in [0.2, 0.25) is 0 Å². The third-order valence-electron chi connectivity index (χ3n) is 4.68. The Labute approximate surface area is 173 Å². The van der Waals surface area contributed by atoms with Gasteiger partial charge in [-0.3, -0.25) is 4.90 Å². The molecule has 1 heterocycles. The number of nitrogens with two attached hydrogens (primary N) is 1. The monoisotopic (exact) mass is 464 g/mol. The number of guanidine groups is 1. The lowest BCUT2D eigenvalue weighted by molar-refractivity contribution is 0.276. The molecule has 0 unspecified atom stereocenters. The van der Waals surface area contributed by atoms with Gasteiger partial charge in [-0.25, -0.2) is 4.99 Å². The van der Waals surface area contributed by atoms with Crippen LogP contribution in [0.1, 0.15) is 36.8 Å². The maximum Gasteiger partial charge on any atom is 0.193 e. The first-order valence-electron chi connectivity index (χ1n) is 9.22. The summed E-state index contributed by atoms with van der Waals surface area (Å²) >= 11 is 0. The first kappa shape index (κ1) is 20.7. The van der Waals surface area contributed by atoms with Crippen molar-refractivity contribution >= 4 is 35.6 Å². The number of anilines is 1. The highest BCUT2D eigenvalue weighted by molar-refractivity contribution is 14.0. The second kappa shape index (κ2) is 11.2. The quantitative estimate of drug-likeness (QED) is 0.386. The summed E-state index contributed by atoms with van der Waals surface area (Å²) in [5.41, 5.74) is 9.61. The van der Waals surface area contributed by atoms with Crippen molar-refractivity contribution in [3.8, 4) is 0 Å². The fraction of sp³-hybridized carbons (Fsp3) is 0.381. The van der Waals surface area contributed by atoms with E-state index < -0.39 is 0 Å². The molecule has 3 N–H and O–H groups in total. The molecule has 0 aromatic heterocycles. The number of aliphatic imine (C=N–C) groups is 1. The van der Waals surface area contributed by atoms with Gasteiger partial charge in [0.05, 0.1) is 6.54 Å². The van der Waals surface area contributed by atoms with Gasteiger partial charge in [-0.05, 0) is 49.2 Å². The smallest absolute Gasteiger partial charge is 0.193 e. The molecule has 140 valence electrons. The SMILES string of the molecule is I.NC(=NCc1ccccc1CN1CCCCCC1)Nc1ccccc1. The highest BCUT2D eigenvalue weighted by Gasteiger charge is 2.11. The van der Waals surface area contributed by atoms with Crippen molar-refractivity contribution in [2.75, 3.05) is 18.4 Å². The molecule has 26 heavy (non-hydrogen) atoms. The average molecular weight is 464 g/mol. The molecule has 0 spiro atoms. The predicted octanol–water partition coefficient (Wildman–Crippen LogP) is 4.61. The molecule has 0 atom stereocenters. The molecule has 1 aliphatic heterocycles. The average Bonchev–Trinajstić information content (AvgIpc) is 2.90. The van der Waals surface area contributed by atoms with Crippen molar-refractivity contribution in [2.45, 2.75) is 38.8 Å².